The first-order chi connectivity index (χ1) is 11.3. The standard InChI is InChI=1S/C15H20N4O4/c20-10-16-8-4-1-2-6-14(18-12-22)15(19-13-23)7-3-5-9-17-11-21/h14-15H,1-9H2. The van der Waals surface area contributed by atoms with Crippen molar-refractivity contribution in [2.24, 2.45) is 20.0 Å². The summed E-state index contributed by atoms with van der Waals surface area (Å²) in [6.07, 6.45) is 10.8. The van der Waals surface area contributed by atoms with Gasteiger partial charge in [0.2, 0.25) is 24.3 Å². The Morgan fingerprint density at radius 3 is 1.43 bits per heavy atom. The highest BCUT2D eigenvalue weighted by atomic mass is 16.1. The third-order valence-electron chi connectivity index (χ3n) is 3.30. The Bertz CT molecular complexity index is 512. The Morgan fingerprint density at radius 1 is 0.565 bits per heavy atom. The van der Waals surface area contributed by atoms with E-state index in [1.54, 1.807) is 0 Å². The van der Waals surface area contributed by atoms with E-state index in [1.807, 2.05) is 0 Å². The molecule has 0 radical (unpaired) electrons. The minimum absolute atomic E-state index is 0.375. The zero-order chi connectivity index (χ0) is 17.2. The lowest BCUT2D eigenvalue weighted by Gasteiger charge is -2.17. The molecule has 0 aliphatic heterocycles. The minimum Gasteiger partial charge on any atom is -0.211 e. The number of aliphatic imine (C=N–C) groups is 4. The van der Waals surface area contributed by atoms with Crippen LogP contribution in [0.25, 0.3) is 0 Å². The van der Waals surface area contributed by atoms with Crippen LogP contribution in [0.4, 0.5) is 0 Å². The van der Waals surface area contributed by atoms with Gasteiger partial charge in [0.25, 0.3) is 0 Å². The van der Waals surface area contributed by atoms with Crippen molar-refractivity contribution >= 4 is 24.3 Å². The maximum Gasteiger partial charge on any atom is 0.235 e. The van der Waals surface area contributed by atoms with Crippen LogP contribution in [-0.4, -0.2) is 49.5 Å². The van der Waals surface area contributed by atoms with Crippen molar-refractivity contribution in [3.8, 4) is 0 Å². The van der Waals surface area contributed by atoms with Gasteiger partial charge in [-0.3, -0.25) is 0 Å². The highest BCUT2D eigenvalue weighted by Gasteiger charge is 2.20. The number of hydrogen-bond donors (Lipinski definition) is 0. The molecule has 2 atom stereocenters. The van der Waals surface area contributed by atoms with E-state index in [-0.39, 0.29) is 0 Å². The van der Waals surface area contributed by atoms with Gasteiger partial charge in [0.1, 0.15) is 0 Å². The van der Waals surface area contributed by atoms with Crippen molar-refractivity contribution in [1.82, 2.24) is 0 Å². The molecule has 0 saturated heterocycles. The fraction of sp³-hybridized carbons (Fsp3) is 0.733. The van der Waals surface area contributed by atoms with Crippen LogP contribution in [0.1, 0.15) is 44.9 Å². The predicted molar refractivity (Wildman–Crippen MR) is 82.1 cm³/mol. The number of nitrogens with zero attached hydrogens (tertiary/aromatic N) is 4. The van der Waals surface area contributed by atoms with Crippen LogP contribution in [0.15, 0.2) is 20.0 Å². The molecule has 0 fully saturated rings. The number of isocyanates is 4. The number of carbonyl (C=O) groups excluding carboxylic acids is 4. The molecule has 0 saturated carbocycles. The Morgan fingerprint density at radius 2 is 1.00 bits per heavy atom. The number of rotatable bonds is 14. The number of hydrogen-bond acceptors (Lipinski definition) is 8. The van der Waals surface area contributed by atoms with Gasteiger partial charge in [-0.2, -0.15) is 0 Å². The third kappa shape index (κ3) is 11.8. The van der Waals surface area contributed by atoms with Gasteiger partial charge in [-0.05, 0) is 32.1 Å². The number of unbranched alkanes of at least 4 members (excludes halogenated alkanes) is 3. The van der Waals surface area contributed by atoms with Crippen LogP contribution in [0.2, 0.25) is 0 Å². The minimum atomic E-state index is -0.429. The van der Waals surface area contributed by atoms with Crippen molar-refractivity contribution in [2.75, 3.05) is 13.1 Å². The van der Waals surface area contributed by atoms with Crippen molar-refractivity contribution < 1.29 is 19.2 Å². The van der Waals surface area contributed by atoms with Gasteiger partial charge in [-0.1, -0.05) is 12.8 Å². The quantitative estimate of drug-likeness (QED) is 0.275. The van der Waals surface area contributed by atoms with Gasteiger partial charge < -0.3 is 0 Å². The van der Waals surface area contributed by atoms with Gasteiger partial charge >= 0.3 is 0 Å². The summed E-state index contributed by atoms with van der Waals surface area (Å²) in [5, 5.41) is 0. The molecule has 0 aromatic carbocycles. The average molecular weight is 320 g/mol. The normalized spacial score (nSPS) is 11.8. The lowest BCUT2D eigenvalue weighted by molar-refractivity contribution is 0.434. The van der Waals surface area contributed by atoms with E-state index < -0.39 is 12.1 Å². The average Bonchev–Trinajstić information content (AvgIpc) is 2.56. The van der Waals surface area contributed by atoms with Gasteiger partial charge in [0, 0.05) is 0 Å². The van der Waals surface area contributed by atoms with Crippen molar-refractivity contribution in [3.63, 3.8) is 0 Å². The van der Waals surface area contributed by atoms with E-state index >= 15 is 0 Å². The lowest BCUT2D eigenvalue weighted by Crippen LogP contribution is -2.23. The van der Waals surface area contributed by atoms with E-state index in [2.05, 4.69) is 20.0 Å². The van der Waals surface area contributed by atoms with Gasteiger partial charge in [0.05, 0.1) is 25.2 Å². The molecule has 0 rings (SSSR count). The Balaban J connectivity index is 4.38. The lowest BCUT2D eigenvalue weighted by atomic mass is 9.97. The summed E-state index contributed by atoms with van der Waals surface area (Å²) in [5.41, 5.74) is 0. The molecule has 0 aliphatic carbocycles. The fourth-order valence-corrected chi connectivity index (χ4v) is 2.18. The molecule has 124 valence electrons. The summed E-state index contributed by atoms with van der Waals surface area (Å²) in [4.78, 5) is 55.4. The van der Waals surface area contributed by atoms with Gasteiger partial charge in [0.15, 0.2) is 0 Å². The van der Waals surface area contributed by atoms with Gasteiger partial charge in [-0.25, -0.2) is 39.1 Å². The zero-order valence-electron chi connectivity index (χ0n) is 12.9. The molecular formula is C15H20N4O4. The van der Waals surface area contributed by atoms with Crippen LogP contribution in [-0.2, 0) is 19.2 Å². The smallest absolute Gasteiger partial charge is 0.211 e. The van der Waals surface area contributed by atoms with E-state index in [1.165, 1.54) is 24.3 Å². The Labute approximate surface area is 134 Å². The zero-order valence-corrected chi connectivity index (χ0v) is 12.9. The van der Waals surface area contributed by atoms with Gasteiger partial charge in [-0.15, -0.1) is 0 Å². The second-order valence-corrected chi connectivity index (χ2v) is 4.87. The molecule has 8 nitrogen and oxygen atoms in total. The summed E-state index contributed by atoms with van der Waals surface area (Å²) in [5.74, 6) is 0. The molecule has 0 aromatic heterocycles. The second kappa shape index (κ2) is 15.9. The maximum atomic E-state index is 10.6. The topological polar surface area (TPSA) is 118 Å². The molecule has 0 N–H and O–H groups in total. The van der Waals surface area contributed by atoms with E-state index in [0.717, 1.165) is 19.3 Å². The van der Waals surface area contributed by atoms with Crippen LogP contribution >= 0.6 is 0 Å². The SMILES string of the molecule is O=C=NCCCCCC(N=C=O)C(CCCCN=C=O)N=C=O. The van der Waals surface area contributed by atoms with Crippen molar-refractivity contribution in [1.29, 1.82) is 0 Å². The third-order valence-corrected chi connectivity index (χ3v) is 3.30. The molecule has 0 aromatic rings. The Kier molecular flexibility index (Phi) is 14.2. The first kappa shape index (κ1) is 20.5. The van der Waals surface area contributed by atoms with E-state index in [4.69, 9.17) is 0 Å². The summed E-state index contributed by atoms with van der Waals surface area (Å²) >= 11 is 0. The molecule has 0 aliphatic rings. The van der Waals surface area contributed by atoms with Crippen LogP contribution in [0.3, 0.4) is 0 Å². The van der Waals surface area contributed by atoms with Crippen molar-refractivity contribution in [3.05, 3.63) is 0 Å². The first-order valence-corrected chi connectivity index (χ1v) is 7.51. The van der Waals surface area contributed by atoms with Crippen LogP contribution < -0.4 is 0 Å². The summed E-state index contributed by atoms with van der Waals surface area (Å²) in [6.45, 7) is 0.804. The Hall–Kier alpha value is -2.48. The van der Waals surface area contributed by atoms with Crippen LogP contribution in [0.5, 0.6) is 0 Å². The summed E-state index contributed by atoms with van der Waals surface area (Å²) in [6, 6.07) is -0.847. The molecule has 8 heteroatoms. The first-order valence-electron chi connectivity index (χ1n) is 7.51. The molecule has 0 bridgehead atoms. The predicted octanol–water partition coefficient (Wildman–Crippen LogP) is 1.80. The molecule has 0 spiro atoms. The molecule has 0 amide bonds. The monoisotopic (exact) mass is 320 g/mol. The molecule has 23 heavy (non-hydrogen) atoms. The molecule has 2 unspecified atom stereocenters. The highest BCUT2D eigenvalue weighted by molar-refractivity contribution is 5.36. The largest absolute Gasteiger partial charge is 0.235 e. The van der Waals surface area contributed by atoms with Crippen molar-refractivity contribution in [2.45, 2.75) is 57.0 Å². The summed E-state index contributed by atoms with van der Waals surface area (Å²) < 4.78 is 0. The van der Waals surface area contributed by atoms with E-state index in [0.29, 0.717) is 38.8 Å². The fourth-order valence-electron chi connectivity index (χ4n) is 2.18. The molecular weight excluding hydrogens is 300 g/mol. The highest BCUT2D eigenvalue weighted by Crippen LogP contribution is 2.17. The molecule has 0 heterocycles. The van der Waals surface area contributed by atoms with Crippen LogP contribution in [0, 0.1) is 0 Å². The maximum absolute atomic E-state index is 10.6. The van der Waals surface area contributed by atoms with E-state index in [9.17, 15) is 19.2 Å². The summed E-state index contributed by atoms with van der Waals surface area (Å²) in [7, 11) is 0. The second-order valence-electron chi connectivity index (χ2n) is 4.87.